The molecule has 0 saturated carbocycles. The molecule has 0 saturated heterocycles. The number of hydrogen-bond donors (Lipinski definition) is 1. The first-order chi connectivity index (χ1) is 9.15. The minimum Gasteiger partial charge on any atom is -0.346 e. The molecule has 1 aromatic heterocycles. The van der Waals surface area contributed by atoms with Crippen LogP contribution < -0.4 is 5.32 Å². The van der Waals surface area contributed by atoms with Crippen molar-refractivity contribution >= 4 is 23.3 Å². The summed E-state index contributed by atoms with van der Waals surface area (Å²) < 4.78 is 12.8. The van der Waals surface area contributed by atoms with E-state index in [1.165, 1.54) is 23.5 Å². The predicted molar refractivity (Wildman–Crippen MR) is 74.0 cm³/mol. The smallest absolute Gasteiger partial charge is 0.247 e. The fourth-order valence-corrected chi connectivity index (χ4v) is 2.07. The lowest BCUT2D eigenvalue weighted by atomic mass is 10.1. The molecule has 1 amide bonds. The summed E-state index contributed by atoms with van der Waals surface area (Å²) in [6.07, 6.45) is 3.42. The molecule has 0 aliphatic heterocycles. The second kappa shape index (κ2) is 6.24. The van der Waals surface area contributed by atoms with Crippen LogP contribution in [0.5, 0.6) is 0 Å². The van der Waals surface area contributed by atoms with Crippen molar-refractivity contribution in [3.63, 3.8) is 0 Å². The van der Waals surface area contributed by atoms with Crippen LogP contribution in [0.3, 0.4) is 0 Å². The topological polar surface area (TPSA) is 42.0 Å². The van der Waals surface area contributed by atoms with Gasteiger partial charge in [0.2, 0.25) is 5.91 Å². The van der Waals surface area contributed by atoms with E-state index in [2.05, 4.69) is 10.3 Å². The average molecular weight is 276 g/mol. The maximum Gasteiger partial charge on any atom is 0.247 e. The first-order valence-electron chi connectivity index (χ1n) is 5.75. The van der Waals surface area contributed by atoms with Crippen LogP contribution in [-0.2, 0) is 11.3 Å². The number of aromatic nitrogens is 1. The van der Waals surface area contributed by atoms with Crippen LogP contribution in [0.1, 0.15) is 17.5 Å². The van der Waals surface area contributed by atoms with Gasteiger partial charge in [0.05, 0.1) is 6.54 Å². The number of nitrogens with one attached hydrogen (secondary N) is 1. The molecule has 3 nitrogen and oxygen atoms in total. The first kappa shape index (κ1) is 13.4. The summed E-state index contributed by atoms with van der Waals surface area (Å²) in [5, 5.41) is 5.51. The molecule has 0 aliphatic carbocycles. The van der Waals surface area contributed by atoms with Crippen molar-refractivity contribution in [2.45, 2.75) is 13.5 Å². The number of thiazole rings is 1. The number of halogens is 1. The van der Waals surface area contributed by atoms with Crippen LogP contribution in [0.25, 0.3) is 6.08 Å². The molecule has 0 fully saturated rings. The van der Waals surface area contributed by atoms with E-state index >= 15 is 0 Å². The first-order valence-corrected chi connectivity index (χ1v) is 6.63. The fourth-order valence-electron chi connectivity index (χ4n) is 1.51. The molecule has 0 radical (unpaired) electrons. The minimum atomic E-state index is -0.289. The Labute approximate surface area is 114 Å². The average Bonchev–Trinajstić information content (AvgIpc) is 2.91. The van der Waals surface area contributed by atoms with Gasteiger partial charge in [-0.25, -0.2) is 9.37 Å². The van der Waals surface area contributed by atoms with Crippen molar-refractivity contribution in [1.82, 2.24) is 10.3 Å². The summed E-state index contributed by atoms with van der Waals surface area (Å²) >= 11 is 1.50. The quantitative estimate of drug-likeness (QED) is 0.872. The van der Waals surface area contributed by atoms with Crippen molar-refractivity contribution in [3.8, 4) is 0 Å². The number of hydrogen-bond acceptors (Lipinski definition) is 3. The third kappa shape index (κ3) is 3.99. The summed E-state index contributed by atoms with van der Waals surface area (Å²) in [5.74, 6) is -0.442. The Kier molecular flexibility index (Phi) is 4.41. The van der Waals surface area contributed by atoms with E-state index < -0.39 is 0 Å². The van der Waals surface area contributed by atoms with Gasteiger partial charge in [0.1, 0.15) is 10.8 Å². The zero-order chi connectivity index (χ0) is 13.7. The van der Waals surface area contributed by atoms with Crippen LogP contribution in [0, 0.1) is 5.82 Å². The van der Waals surface area contributed by atoms with Crippen molar-refractivity contribution < 1.29 is 9.18 Å². The summed E-state index contributed by atoms with van der Waals surface area (Å²) in [7, 11) is 0. The molecular formula is C14H13FN2OS. The van der Waals surface area contributed by atoms with Crippen molar-refractivity contribution in [2.75, 3.05) is 0 Å². The highest BCUT2D eigenvalue weighted by Gasteiger charge is 2.05. The van der Waals surface area contributed by atoms with Gasteiger partial charge < -0.3 is 5.32 Å². The Bertz CT molecular complexity index is 576. The molecule has 0 spiro atoms. The van der Waals surface area contributed by atoms with E-state index in [1.54, 1.807) is 31.3 Å². The lowest BCUT2D eigenvalue weighted by molar-refractivity contribution is -0.117. The molecule has 0 bridgehead atoms. The molecule has 0 atom stereocenters. The molecule has 0 unspecified atom stereocenters. The van der Waals surface area contributed by atoms with Crippen LogP contribution >= 0.6 is 11.3 Å². The Hall–Kier alpha value is -2.01. The fraction of sp³-hybridized carbons (Fsp3) is 0.143. The standard InChI is InChI=1S/C14H13FN2OS/c1-10(8-11-2-4-12(15)5-3-11)14(18)17-9-13-16-6-7-19-13/h2-8H,9H2,1H3,(H,17,18)/b10-8+. The van der Waals surface area contributed by atoms with Gasteiger partial charge in [-0.1, -0.05) is 12.1 Å². The largest absolute Gasteiger partial charge is 0.346 e. The van der Waals surface area contributed by atoms with Gasteiger partial charge in [-0.2, -0.15) is 0 Å². The lowest BCUT2D eigenvalue weighted by Gasteiger charge is -2.03. The highest BCUT2D eigenvalue weighted by Crippen LogP contribution is 2.09. The summed E-state index contributed by atoms with van der Waals surface area (Å²) in [6, 6.07) is 6.00. The van der Waals surface area contributed by atoms with E-state index in [0.29, 0.717) is 12.1 Å². The molecule has 2 aromatic rings. The molecular weight excluding hydrogens is 263 g/mol. The third-order valence-corrected chi connectivity index (χ3v) is 3.27. The van der Waals surface area contributed by atoms with E-state index in [1.807, 2.05) is 5.38 Å². The zero-order valence-electron chi connectivity index (χ0n) is 10.4. The van der Waals surface area contributed by atoms with Crippen LogP contribution in [0.4, 0.5) is 4.39 Å². The van der Waals surface area contributed by atoms with Crippen LogP contribution in [0.2, 0.25) is 0 Å². The minimum absolute atomic E-state index is 0.153. The molecule has 0 aliphatic rings. The summed E-state index contributed by atoms with van der Waals surface area (Å²) in [6.45, 7) is 2.14. The van der Waals surface area contributed by atoms with E-state index in [0.717, 1.165) is 10.6 Å². The van der Waals surface area contributed by atoms with E-state index in [9.17, 15) is 9.18 Å². The molecule has 1 aromatic carbocycles. The van der Waals surface area contributed by atoms with Crippen molar-refractivity contribution in [1.29, 1.82) is 0 Å². The number of carbonyl (C=O) groups excluding carboxylic acids is 1. The number of carbonyl (C=O) groups is 1. The number of amides is 1. The van der Waals surface area contributed by atoms with Gasteiger partial charge >= 0.3 is 0 Å². The Morgan fingerprint density at radius 2 is 2.16 bits per heavy atom. The molecule has 5 heteroatoms. The second-order valence-corrected chi connectivity index (χ2v) is 4.97. The van der Waals surface area contributed by atoms with Gasteiger partial charge in [-0.15, -0.1) is 11.3 Å². The van der Waals surface area contributed by atoms with E-state index in [4.69, 9.17) is 0 Å². The molecule has 1 N–H and O–H groups in total. The highest BCUT2D eigenvalue weighted by atomic mass is 32.1. The Morgan fingerprint density at radius 3 is 2.79 bits per heavy atom. The molecule has 19 heavy (non-hydrogen) atoms. The maximum atomic E-state index is 12.8. The van der Waals surface area contributed by atoms with Gasteiger partial charge in [0, 0.05) is 17.2 Å². The zero-order valence-corrected chi connectivity index (χ0v) is 11.2. The summed E-state index contributed by atoms with van der Waals surface area (Å²) in [5.41, 5.74) is 1.37. The molecule has 2 rings (SSSR count). The van der Waals surface area contributed by atoms with Crippen molar-refractivity contribution in [2.24, 2.45) is 0 Å². The van der Waals surface area contributed by atoms with Gasteiger partial charge in [-0.3, -0.25) is 4.79 Å². The van der Waals surface area contributed by atoms with Crippen molar-refractivity contribution in [3.05, 3.63) is 57.8 Å². The lowest BCUT2D eigenvalue weighted by Crippen LogP contribution is -2.23. The predicted octanol–water partition coefficient (Wildman–Crippen LogP) is 3.00. The number of nitrogens with zero attached hydrogens (tertiary/aromatic N) is 1. The summed E-state index contributed by atoms with van der Waals surface area (Å²) in [4.78, 5) is 15.9. The molecule has 1 heterocycles. The van der Waals surface area contributed by atoms with E-state index in [-0.39, 0.29) is 11.7 Å². The number of rotatable bonds is 4. The normalized spacial score (nSPS) is 11.4. The highest BCUT2D eigenvalue weighted by molar-refractivity contribution is 7.09. The second-order valence-electron chi connectivity index (χ2n) is 3.99. The van der Waals surface area contributed by atoms with Gasteiger partial charge in [-0.05, 0) is 30.7 Å². The Morgan fingerprint density at radius 1 is 1.42 bits per heavy atom. The maximum absolute atomic E-state index is 12.8. The van der Waals surface area contributed by atoms with Gasteiger partial charge in [0.15, 0.2) is 0 Å². The van der Waals surface area contributed by atoms with Crippen LogP contribution in [-0.4, -0.2) is 10.9 Å². The third-order valence-electron chi connectivity index (χ3n) is 2.49. The number of benzene rings is 1. The monoisotopic (exact) mass is 276 g/mol. The SMILES string of the molecule is C/C(=C\c1ccc(F)cc1)C(=O)NCc1nccs1. The molecule has 98 valence electrons. The van der Waals surface area contributed by atoms with Crippen LogP contribution in [0.15, 0.2) is 41.4 Å². The Balaban J connectivity index is 1.96. The van der Waals surface area contributed by atoms with Gasteiger partial charge in [0.25, 0.3) is 0 Å².